The molecule has 0 bridgehead atoms. The molecule has 0 N–H and O–H groups in total. The number of benzene rings is 1. The fraction of sp³-hybridized carbons (Fsp3) is 0.524. The number of alkyl halides is 3. The van der Waals surface area contributed by atoms with Crippen molar-refractivity contribution in [2.45, 2.75) is 58.4 Å². The molecule has 2 aliphatic rings. The van der Waals surface area contributed by atoms with Gasteiger partial charge >= 0.3 is 6.18 Å². The zero-order valence-electron chi connectivity index (χ0n) is 16.6. The minimum absolute atomic E-state index is 0.0127. The van der Waals surface area contributed by atoms with Crippen molar-refractivity contribution in [3.8, 4) is 5.75 Å². The Hall–Kier alpha value is -2.45. The standard InChI is InChI=1S/C21H22F5N3O/c1-11-10-29-17(8-13-4-3-5-13)27-28-20(29)19(21(24,25)26)18(11)12(2)30-16-7-6-14(22)9-15(16)23/h6-7,9,11-13H,3-5,8,10H2,1-2H3. The van der Waals surface area contributed by atoms with Crippen LogP contribution >= 0.6 is 0 Å². The SMILES string of the molecule is CC1Cn2c(CC3CCC3)nnc2C(C(F)(F)F)=C1C(C)Oc1ccc(F)cc1F. The first kappa shape index (κ1) is 20.8. The number of hydrogen-bond acceptors (Lipinski definition) is 3. The summed E-state index contributed by atoms with van der Waals surface area (Å²) in [4.78, 5) is 0. The maximum atomic E-state index is 14.1. The van der Waals surface area contributed by atoms with Crippen LogP contribution in [0.5, 0.6) is 5.75 Å². The third-order valence-corrected chi connectivity index (χ3v) is 5.94. The van der Waals surface area contributed by atoms with Crippen molar-refractivity contribution in [2.24, 2.45) is 11.8 Å². The summed E-state index contributed by atoms with van der Waals surface area (Å²) in [6.07, 6.45) is -1.90. The highest BCUT2D eigenvalue weighted by molar-refractivity contribution is 5.71. The minimum Gasteiger partial charge on any atom is -0.483 e. The molecule has 1 aliphatic carbocycles. The lowest BCUT2D eigenvalue weighted by Gasteiger charge is -2.33. The van der Waals surface area contributed by atoms with Crippen molar-refractivity contribution in [2.75, 3.05) is 0 Å². The lowest BCUT2D eigenvalue weighted by atomic mass is 9.82. The van der Waals surface area contributed by atoms with Crippen LogP contribution in [0.4, 0.5) is 22.0 Å². The number of ether oxygens (including phenoxy) is 1. The highest BCUT2D eigenvalue weighted by atomic mass is 19.4. The van der Waals surface area contributed by atoms with Gasteiger partial charge in [-0.2, -0.15) is 13.2 Å². The Morgan fingerprint density at radius 2 is 1.93 bits per heavy atom. The molecule has 9 heteroatoms. The summed E-state index contributed by atoms with van der Waals surface area (Å²) in [7, 11) is 0. The zero-order valence-corrected chi connectivity index (χ0v) is 16.6. The van der Waals surface area contributed by atoms with E-state index in [2.05, 4.69) is 10.2 Å². The van der Waals surface area contributed by atoms with Gasteiger partial charge in [0.2, 0.25) is 0 Å². The fourth-order valence-electron chi connectivity index (χ4n) is 4.29. The molecule has 30 heavy (non-hydrogen) atoms. The van der Waals surface area contributed by atoms with Gasteiger partial charge in [0.15, 0.2) is 17.4 Å². The summed E-state index contributed by atoms with van der Waals surface area (Å²) in [6, 6.07) is 2.70. The summed E-state index contributed by atoms with van der Waals surface area (Å²) >= 11 is 0. The molecule has 0 spiro atoms. The van der Waals surface area contributed by atoms with Crippen molar-refractivity contribution >= 4 is 5.57 Å². The van der Waals surface area contributed by atoms with E-state index in [4.69, 9.17) is 4.74 Å². The quantitative estimate of drug-likeness (QED) is 0.606. The predicted molar refractivity (Wildman–Crippen MR) is 99.7 cm³/mol. The normalized spacial score (nSPS) is 20.7. The first-order chi connectivity index (χ1) is 14.1. The molecule has 1 fully saturated rings. The van der Waals surface area contributed by atoms with E-state index in [-0.39, 0.29) is 17.1 Å². The van der Waals surface area contributed by atoms with Crippen molar-refractivity contribution in [1.82, 2.24) is 14.8 Å². The zero-order chi connectivity index (χ0) is 21.6. The van der Waals surface area contributed by atoms with Crippen LogP contribution in [0.3, 0.4) is 0 Å². The average molecular weight is 427 g/mol. The van der Waals surface area contributed by atoms with E-state index >= 15 is 0 Å². The molecule has 2 heterocycles. The first-order valence-electron chi connectivity index (χ1n) is 10.0. The van der Waals surface area contributed by atoms with Crippen LogP contribution in [0.25, 0.3) is 5.57 Å². The predicted octanol–water partition coefficient (Wildman–Crippen LogP) is 5.33. The number of aromatic nitrogens is 3. The molecule has 0 amide bonds. The maximum Gasteiger partial charge on any atom is 0.420 e. The van der Waals surface area contributed by atoms with Gasteiger partial charge in [-0.25, -0.2) is 8.78 Å². The number of halogens is 5. The highest BCUT2D eigenvalue weighted by Crippen LogP contribution is 2.44. The third-order valence-electron chi connectivity index (χ3n) is 5.94. The van der Waals surface area contributed by atoms with E-state index in [1.165, 1.54) is 6.92 Å². The Kier molecular flexibility index (Phi) is 5.32. The Labute approximate surface area is 170 Å². The van der Waals surface area contributed by atoms with E-state index in [9.17, 15) is 22.0 Å². The number of nitrogens with zero attached hydrogens (tertiary/aromatic N) is 3. The van der Waals surface area contributed by atoms with Gasteiger partial charge in [0.25, 0.3) is 0 Å². The molecular formula is C21H22F5N3O. The largest absolute Gasteiger partial charge is 0.483 e. The topological polar surface area (TPSA) is 39.9 Å². The number of hydrogen-bond donors (Lipinski definition) is 0. The second-order valence-corrected chi connectivity index (χ2v) is 8.12. The van der Waals surface area contributed by atoms with Gasteiger partial charge in [-0.05, 0) is 36.5 Å². The smallest absolute Gasteiger partial charge is 0.420 e. The highest BCUT2D eigenvalue weighted by Gasteiger charge is 2.46. The molecule has 1 saturated carbocycles. The molecule has 1 aromatic carbocycles. The fourth-order valence-corrected chi connectivity index (χ4v) is 4.29. The van der Waals surface area contributed by atoms with Crippen LogP contribution in [-0.2, 0) is 13.0 Å². The molecule has 2 unspecified atom stereocenters. The van der Waals surface area contributed by atoms with E-state index < -0.39 is 35.4 Å². The summed E-state index contributed by atoms with van der Waals surface area (Å²) in [5, 5.41) is 7.93. The lowest BCUT2D eigenvalue weighted by molar-refractivity contribution is -0.0716. The second kappa shape index (κ2) is 7.67. The molecule has 162 valence electrons. The molecule has 2 aromatic rings. The molecule has 4 nitrogen and oxygen atoms in total. The number of rotatable bonds is 5. The van der Waals surface area contributed by atoms with Crippen molar-refractivity contribution in [1.29, 1.82) is 0 Å². The second-order valence-electron chi connectivity index (χ2n) is 8.12. The molecule has 2 atom stereocenters. The van der Waals surface area contributed by atoms with Gasteiger partial charge in [-0.15, -0.1) is 10.2 Å². The van der Waals surface area contributed by atoms with Crippen molar-refractivity contribution in [3.63, 3.8) is 0 Å². The number of fused-ring (bicyclic) bond motifs is 1. The van der Waals surface area contributed by atoms with Crippen molar-refractivity contribution < 1.29 is 26.7 Å². The van der Waals surface area contributed by atoms with Gasteiger partial charge in [0.05, 0.1) is 0 Å². The van der Waals surface area contributed by atoms with Crippen LogP contribution in [-0.4, -0.2) is 27.0 Å². The Morgan fingerprint density at radius 1 is 1.20 bits per heavy atom. The van der Waals surface area contributed by atoms with Gasteiger partial charge in [0.1, 0.15) is 23.3 Å². The van der Waals surface area contributed by atoms with Gasteiger partial charge in [0, 0.05) is 19.0 Å². The van der Waals surface area contributed by atoms with Crippen LogP contribution in [0.15, 0.2) is 23.8 Å². The lowest BCUT2D eigenvalue weighted by Crippen LogP contribution is -2.33. The Morgan fingerprint density at radius 3 is 2.53 bits per heavy atom. The van der Waals surface area contributed by atoms with Crippen LogP contribution in [0.1, 0.15) is 44.8 Å². The summed E-state index contributed by atoms with van der Waals surface area (Å²) in [5.74, 6) is -1.80. The van der Waals surface area contributed by atoms with Crippen molar-refractivity contribution in [3.05, 3.63) is 47.1 Å². The van der Waals surface area contributed by atoms with E-state index in [1.807, 2.05) is 0 Å². The van der Waals surface area contributed by atoms with Crippen LogP contribution < -0.4 is 4.74 Å². The maximum absolute atomic E-state index is 14.1. The Bertz CT molecular complexity index is 978. The monoisotopic (exact) mass is 427 g/mol. The van der Waals surface area contributed by atoms with Gasteiger partial charge in [-0.3, -0.25) is 0 Å². The van der Waals surface area contributed by atoms with Gasteiger partial charge in [-0.1, -0.05) is 26.2 Å². The molecule has 0 radical (unpaired) electrons. The molecule has 1 aliphatic heterocycles. The molecule has 4 rings (SSSR count). The van der Waals surface area contributed by atoms with E-state index in [1.54, 1.807) is 11.5 Å². The average Bonchev–Trinajstić information content (AvgIpc) is 3.00. The van der Waals surface area contributed by atoms with E-state index in [0.717, 1.165) is 31.4 Å². The summed E-state index contributed by atoms with van der Waals surface area (Å²) < 4.78 is 76.5. The summed E-state index contributed by atoms with van der Waals surface area (Å²) in [6.45, 7) is 3.40. The Balaban J connectivity index is 1.72. The van der Waals surface area contributed by atoms with Crippen LogP contribution in [0.2, 0.25) is 0 Å². The van der Waals surface area contributed by atoms with E-state index in [0.29, 0.717) is 30.8 Å². The number of allylic oxidation sites excluding steroid dienone is 1. The first-order valence-corrected chi connectivity index (χ1v) is 10.0. The summed E-state index contributed by atoms with van der Waals surface area (Å²) in [5.41, 5.74) is -0.898. The third kappa shape index (κ3) is 3.81. The minimum atomic E-state index is -4.68. The molecule has 0 saturated heterocycles. The molecular weight excluding hydrogens is 405 g/mol. The van der Waals surface area contributed by atoms with Gasteiger partial charge < -0.3 is 9.30 Å². The molecule has 1 aromatic heterocycles. The van der Waals surface area contributed by atoms with Crippen LogP contribution in [0, 0.1) is 23.5 Å².